The van der Waals surface area contributed by atoms with E-state index in [1.807, 2.05) is 13.0 Å². The number of hydrogen-bond acceptors (Lipinski definition) is 2. The first-order valence-electron chi connectivity index (χ1n) is 7.52. The molecular formula is C16H20F2N2O. The van der Waals surface area contributed by atoms with Crippen LogP contribution in [0.2, 0.25) is 0 Å². The second kappa shape index (κ2) is 5.04. The fraction of sp³-hybridized carbons (Fsp3) is 0.625. The van der Waals surface area contributed by atoms with Crippen LogP contribution >= 0.6 is 0 Å². The Labute approximate surface area is 123 Å². The normalized spacial score (nSPS) is 32.0. The predicted molar refractivity (Wildman–Crippen MR) is 74.9 cm³/mol. The van der Waals surface area contributed by atoms with Gasteiger partial charge in [-0.1, -0.05) is 13.0 Å². The zero-order chi connectivity index (χ0) is 15.2. The third-order valence-corrected chi connectivity index (χ3v) is 5.09. The third-order valence-electron chi connectivity index (χ3n) is 5.09. The number of aromatic nitrogens is 1. The van der Waals surface area contributed by atoms with Gasteiger partial charge < -0.3 is 4.90 Å². The van der Waals surface area contributed by atoms with Gasteiger partial charge in [-0.2, -0.15) is 0 Å². The molecule has 3 nitrogen and oxygen atoms in total. The summed E-state index contributed by atoms with van der Waals surface area (Å²) in [6.45, 7) is 3.64. The second-order valence-electron chi connectivity index (χ2n) is 6.27. The molecule has 3 atom stereocenters. The molecule has 2 aliphatic heterocycles. The average molecular weight is 294 g/mol. The van der Waals surface area contributed by atoms with E-state index >= 15 is 0 Å². The number of aryl methyl sites for hydroxylation is 1. The summed E-state index contributed by atoms with van der Waals surface area (Å²) >= 11 is 0. The summed E-state index contributed by atoms with van der Waals surface area (Å²) in [5.41, 5.74) is 0.519. The van der Waals surface area contributed by atoms with E-state index in [0.717, 1.165) is 24.0 Å². The topological polar surface area (TPSA) is 33.2 Å². The Morgan fingerprint density at radius 3 is 2.81 bits per heavy atom. The van der Waals surface area contributed by atoms with Gasteiger partial charge in [-0.3, -0.25) is 9.78 Å². The lowest BCUT2D eigenvalue weighted by Gasteiger charge is -2.29. The summed E-state index contributed by atoms with van der Waals surface area (Å²) in [6, 6.07) is 1.86. The first-order chi connectivity index (χ1) is 9.99. The van der Waals surface area contributed by atoms with Crippen molar-refractivity contribution >= 4 is 5.91 Å². The largest absolute Gasteiger partial charge is 0.332 e. The van der Waals surface area contributed by atoms with Crippen LogP contribution in [0.3, 0.4) is 0 Å². The Morgan fingerprint density at radius 2 is 2.19 bits per heavy atom. The van der Waals surface area contributed by atoms with E-state index in [-0.39, 0.29) is 30.8 Å². The number of carbonyl (C=O) groups excluding carboxylic acids is 1. The molecule has 0 bridgehead atoms. The SMILES string of the molecule is CC[C@@]1(C(F)F)C[C@H]2CC[C@@H](c3cncc(C)c3)N2C1=O. The average Bonchev–Trinajstić information content (AvgIpc) is 2.98. The molecule has 0 aliphatic carbocycles. The number of fused-ring (bicyclic) bond motifs is 1. The molecule has 114 valence electrons. The molecule has 0 spiro atoms. The highest BCUT2D eigenvalue weighted by Crippen LogP contribution is 2.52. The van der Waals surface area contributed by atoms with Gasteiger partial charge in [0.2, 0.25) is 5.91 Å². The summed E-state index contributed by atoms with van der Waals surface area (Å²) in [5.74, 6) is -0.367. The summed E-state index contributed by atoms with van der Waals surface area (Å²) < 4.78 is 27.0. The van der Waals surface area contributed by atoms with Crippen LogP contribution in [0, 0.1) is 12.3 Å². The molecule has 0 N–H and O–H groups in total. The first-order valence-corrected chi connectivity index (χ1v) is 7.52. The van der Waals surface area contributed by atoms with Crippen LogP contribution in [0.1, 0.15) is 49.8 Å². The van der Waals surface area contributed by atoms with Crippen molar-refractivity contribution in [1.82, 2.24) is 9.88 Å². The maximum absolute atomic E-state index is 13.5. The molecule has 1 aromatic heterocycles. The van der Waals surface area contributed by atoms with Gasteiger partial charge in [-0.15, -0.1) is 0 Å². The number of amides is 1. The zero-order valence-corrected chi connectivity index (χ0v) is 12.4. The molecule has 21 heavy (non-hydrogen) atoms. The summed E-state index contributed by atoms with van der Waals surface area (Å²) in [6.07, 6.45) is 3.06. The smallest absolute Gasteiger partial charge is 0.252 e. The standard InChI is InChI=1S/C16H20F2N2O/c1-3-16(14(17)18)7-12-4-5-13(20(12)15(16)21)11-6-10(2)8-19-9-11/h6,8-9,12-14H,3-5,7H2,1-2H3/t12-,13+,16+/m1/s1. The summed E-state index contributed by atoms with van der Waals surface area (Å²) in [7, 11) is 0. The van der Waals surface area contributed by atoms with Gasteiger partial charge in [0.1, 0.15) is 5.41 Å². The maximum Gasteiger partial charge on any atom is 0.252 e. The zero-order valence-electron chi connectivity index (χ0n) is 12.4. The Bertz CT molecular complexity index is 563. The highest BCUT2D eigenvalue weighted by atomic mass is 19.3. The fourth-order valence-corrected chi connectivity index (χ4v) is 3.88. The van der Waals surface area contributed by atoms with E-state index in [1.165, 1.54) is 0 Å². The predicted octanol–water partition coefficient (Wildman–Crippen LogP) is 3.49. The minimum Gasteiger partial charge on any atom is -0.332 e. The lowest BCUT2D eigenvalue weighted by molar-refractivity contribution is -0.146. The molecule has 0 radical (unpaired) electrons. The number of halogens is 2. The van der Waals surface area contributed by atoms with E-state index in [1.54, 1.807) is 24.2 Å². The van der Waals surface area contributed by atoms with Gasteiger partial charge in [0, 0.05) is 18.4 Å². The summed E-state index contributed by atoms with van der Waals surface area (Å²) in [4.78, 5) is 18.6. The van der Waals surface area contributed by atoms with Gasteiger partial charge in [-0.25, -0.2) is 8.78 Å². The number of rotatable bonds is 3. The van der Waals surface area contributed by atoms with E-state index < -0.39 is 11.8 Å². The van der Waals surface area contributed by atoms with E-state index in [2.05, 4.69) is 4.98 Å². The maximum atomic E-state index is 13.5. The van der Waals surface area contributed by atoms with Crippen LogP contribution < -0.4 is 0 Å². The molecule has 0 aromatic carbocycles. The molecule has 3 heterocycles. The molecule has 0 saturated carbocycles. The minimum absolute atomic E-state index is 0.0445. The monoisotopic (exact) mass is 294 g/mol. The molecule has 5 heteroatoms. The van der Waals surface area contributed by atoms with Crippen molar-refractivity contribution in [2.24, 2.45) is 5.41 Å². The van der Waals surface area contributed by atoms with Crippen LogP contribution in [-0.4, -0.2) is 28.3 Å². The van der Waals surface area contributed by atoms with Crippen LogP contribution in [0.5, 0.6) is 0 Å². The van der Waals surface area contributed by atoms with Crippen LogP contribution in [0.15, 0.2) is 18.5 Å². The Hall–Kier alpha value is -1.52. The number of pyridine rings is 1. The molecule has 0 unspecified atom stereocenters. The van der Waals surface area contributed by atoms with Crippen molar-refractivity contribution in [3.63, 3.8) is 0 Å². The van der Waals surface area contributed by atoms with Crippen molar-refractivity contribution in [3.8, 4) is 0 Å². The fourth-order valence-electron chi connectivity index (χ4n) is 3.88. The van der Waals surface area contributed by atoms with Gasteiger partial charge in [0.25, 0.3) is 6.43 Å². The van der Waals surface area contributed by atoms with Crippen molar-refractivity contribution in [2.75, 3.05) is 0 Å². The Morgan fingerprint density at radius 1 is 1.43 bits per heavy atom. The molecule has 1 aromatic rings. The highest BCUT2D eigenvalue weighted by Gasteiger charge is 2.59. The lowest BCUT2D eigenvalue weighted by atomic mass is 9.81. The second-order valence-corrected chi connectivity index (χ2v) is 6.27. The molecule has 3 rings (SSSR count). The van der Waals surface area contributed by atoms with Gasteiger partial charge in [0.05, 0.1) is 6.04 Å². The van der Waals surface area contributed by atoms with Crippen LogP contribution in [0.4, 0.5) is 8.78 Å². The van der Waals surface area contributed by atoms with Crippen molar-refractivity contribution < 1.29 is 13.6 Å². The van der Waals surface area contributed by atoms with Gasteiger partial charge in [-0.05, 0) is 43.7 Å². The van der Waals surface area contributed by atoms with Crippen molar-refractivity contribution in [2.45, 2.75) is 58.0 Å². The van der Waals surface area contributed by atoms with Crippen LogP contribution in [0.25, 0.3) is 0 Å². The van der Waals surface area contributed by atoms with Crippen LogP contribution in [-0.2, 0) is 4.79 Å². The van der Waals surface area contributed by atoms with Gasteiger partial charge in [0.15, 0.2) is 0 Å². The Balaban J connectivity index is 1.94. The van der Waals surface area contributed by atoms with E-state index in [9.17, 15) is 13.6 Å². The number of carbonyl (C=O) groups is 1. The van der Waals surface area contributed by atoms with Crippen molar-refractivity contribution in [1.29, 1.82) is 0 Å². The highest BCUT2D eigenvalue weighted by molar-refractivity contribution is 5.86. The molecule has 2 fully saturated rings. The lowest BCUT2D eigenvalue weighted by Crippen LogP contribution is -2.40. The Kier molecular flexibility index (Phi) is 3.46. The van der Waals surface area contributed by atoms with Crippen molar-refractivity contribution in [3.05, 3.63) is 29.6 Å². The number of hydrogen-bond donors (Lipinski definition) is 0. The van der Waals surface area contributed by atoms with E-state index in [4.69, 9.17) is 0 Å². The molecule has 1 amide bonds. The molecular weight excluding hydrogens is 274 g/mol. The minimum atomic E-state index is -2.59. The summed E-state index contributed by atoms with van der Waals surface area (Å²) in [5, 5.41) is 0. The molecule has 2 aliphatic rings. The third kappa shape index (κ3) is 2.05. The quantitative estimate of drug-likeness (QED) is 0.855. The number of nitrogens with zero attached hydrogens (tertiary/aromatic N) is 2. The van der Waals surface area contributed by atoms with E-state index in [0.29, 0.717) is 0 Å². The number of alkyl halides is 2. The first kappa shape index (κ1) is 14.4. The van der Waals surface area contributed by atoms with Gasteiger partial charge >= 0.3 is 0 Å². The molecule has 2 saturated heterocycles.